The van der Waals surface area contributed by atoms with E-state index in [1.807, 2.05) is 0 Å². The molecule has 0 atom stereocenters. The molecule has 0 saturated heterocycles. The summed E-state index contributed by atoms with van der Waals surface area (Å²) in [6.07, 6.45) is 0.816. The second kappa shape index (κ2) is 6.57. The molecule has 0 radical (unpaired) electrons. The van der Waals surface area contributed by atoms with Crippen molar-refractivity contribution < 1.29 is 25.9 Å². The number of nitrogens with one attached hydrogen (secondary N) is 1. The van der Waals surface area contributed by atoms with Crippen LogP contribution in [0.4, 0.5) is 17.1 Å². The van der Waals surface area contributed by atoms with Gasteiger partial charge in [-0.25, -0.2) is 8.42 Å². The Morgan fingerprint density at radius 1 is 1.12 bits per heavy atom. The van der Waals surface area contributed by atoms with Gasteiger partial charge in [0.15, 0.2) is 0 Å². The average Bonchev–Trinajstić information content (AvgIpc) is 2.47. The number of nitro groups is 1. The molecular formula is C13H13N3O7S2. The molecule has 0 fully saturated rings. The van der Waals surface area contributed by atoms with Crippen LogP contribution in [0, 0.1) is 10.1 Å². The van der Waals surface area contributed by atoms with Gasteiger partial charge in [-0.2, -0.15) is 8.42 Å². The highest BCUT2D eigenvalue weighted by molar-refractivity contribution is 7.92. The monoisotopic (exact) mass is 387 g/mol. The van der Waals surface area contributed by atoms with E-state index in [-0.39, 0.29) is 27.7 Å². The summed E-state index contributed by atoms with van der Waals surface area (Å²) in [7, 11) is -8.01. The Morgan fingerprint density at radius 3 is 2.40 bits per heavy atom. The van der Waals surface area contributed by atoms with E-state index in [0.29, 0.717) is 0 Å². The van der Waals surface area contributed by atoms with Crippen LogP contribution in [0.15, 0.2) is 47.4 Å². The SMILES string of the molecule is CS(=O)(=O)Oc1cccc(S(=O)(=O)Nc2cc([N+](=O)[O-])ccc2N)c1. The van der Waals surface area contributed by atoms with Gasteiger partial charge in [0, 0.05) is 18.2 Å². The predicted molar refractivity (Wildman–Crippen MR) is 90.2 cm³/mol. The van der Waals surface area contributed by atoms with Gasteiger partial charge in [0.25, 0.3) is 15.7 Å². The van der Waals surface area contributed by atoms with E-state index >= 15 is 0 Å². The summed E-state index contributed by atoms with van der Waals surface area (Å²) in [6.45, 7) is 0. The largest absolute Gasteiger partial charge is 0.397 e. The molecule has 12 heteroatoms. The van der Waals surface area contributed by atoms with E-state index in [9.17, 15) is 26.9 Å². The van der Waals surface area contributed by atoms with E-state index in [0.717, 1.165) is 24.5 Å². The first kappa shape index (κ1) is 18.5. The second-order valence-corrected chi connectivity index (χ2v) is 8.15. The number of hydrogen-bond acceptors (Lipinski definition) is 8. The number of non-ortho nitro benzene ring substituents is 1. The minimum absolute atomic E-state index is 0.0160. The summed E-state index contributed by atoms with van der Waals surface area (Å²) in [5.41, 5.74) is 5.10. The van der Waals surface area contributed by atoms with Gasteiger partial charge in [0.1, 0.15) is 5.75 Å². The molecule has 0 aromatic heterocycles. The number of rotatable bonds is 6. The molecule has 134 valence electrons. The summed E-state index contributed by atoms with van der Waals surface area (Å²) in [5.74, 6) is -0.197. The fraction of sp³-hybridized carbons (Fsp3) is 0.0769. The van der Waals surface area contributed by atoms with Crippen molar-refractivity contribution in [2.45, 2.75) is 4.90 Å². The third kappa shape index (κ3) is 4.81. The predicted octanol–water partition coefficient (Wildman–Crippen LogP) is 1.32. The number of nitrogen functional groups attached to an aromatic ring is 1. The van der Waals surface area contributed by atoms with E-state index in [2.05, 4.69) is 8.91 Å². The van der Waals surface area contributed by atoms with Crippen LogP contribution in [0.5, 0.6) is 5.75 Å². The topological polar surface area (TPSA) is 159 Å². The fourth-order valence-corrected chi connectivity index (χ4v) is 3.38. The third-order valence-corrected chi connectivity index (χ3v) is 4.71. The first-order valence-corrected chi connectivity index (χ1v) is 9.84. The molecule has 0 amide bonds. The van der Waals surface area contributed by atoms with Crippen LogP contribution >= 0.6 is 0 Å². The number of nitrogens with two attached hydrogens (primary N) is 1. The molecule has 0 aliphatic rings. The normalized spacial score (nSPS) is 11.7. The Bertz CT molecular complexity index is 1030. The van der Waals surface area contributed by atoms with Crippen LogP contribution in [-0.4, -0.2) is 28.0 Å². The summed E-state index contributed by atoms with van der Waals surface area (Å²) >= 11 is 0. The van der Waals surface area contributed by atoms with E-state index < -0.39 is 25.1 Å². The zero-order chi connectivity index (χ0) is 18.8. The molecule has 0 spiro atoms. The van der Waals surface area contributed by atoms with Gasteiger partial charge in [0.05, 0.1) is 27.4 Å². The number of nitro benzene ring substituents is 1. The Labute approximate surface area is 143 Å². The molecule has 0 aliphatic carbocycles. The number of nitrogens with zero attached hydrogens (tertiary/aromatic N) is 1. The van der Waals surface area contributed by atoms with Crippen molar-refractivity contribution in [1.29, 1.82) is 0 Å². The highest BCUT2D eigenvalue weighted by atomic mass is 32.2. The number of hydrogen-bond donors (Lipinski definition) is 2. The van der Waals surface area contributed by atoms with Crippen molar-refractivity contribution in [3.63, 3.8) is 0 Å². The van der Waals surface area contributed by atoms with E-state index in [4.69, 9.17) is 5.73 Å². The third-order valence-electron chi connectivity index (χ3n) is 2.86. The lowest BCUT2D eigenvalue weighted by Crippen LogP contribution is -2.15. The van der Waals surface area contributed by atoms with Crippen LogP contribution in [0.1, 0.15) is 0 Å². The molecule has 25 heavy (non-hydrogen) atoms. The highest BCUT2D eigenvalue weighted by Gasteiger charge is 2.19. The van der Waals surface area contributed by atoms with Crippen LogP contribution in [-0.2, 0) is 20.1 Å². The van der Waals surface area contributed by atoms with Crippen molar-refractivity contribution in [2.24, 2.45) is 0 Å². The molecule has 0 aliphatic heterocycles. The first-order chi connectivity index (χ1) is 11.5. The Kier molecular flexibility index (Phi) is 4.85. The van der Waals surface area contributed by atoms with Crippen molar-refractivity contribution >= 4 is 37.2 Å². The lowest BCUT2D eigenvalue weighted by molar-refractivity contribution is -0.384. The van der Waals surface area contributed by atoms with E-state index in [1.54, 1.807) is 0 Å². The van der Waals surface area contributed by atoms with Gasteiger partial charge in [0.2, 0.25) is 0 Å². The van der Waals surface area contributed by atoms with Gasteiger partial charge < -0.3 is 9.92 Å². The van der Waals surface area contributed by atoms with Gasteiger partial charge >= 0.3 is 10.1 Å². The lowest BCUT2D eigenvalue weighted by Gasteiger charge is -2.11. The van der Waals surface area contributed by atoms with Crippen LogP contribution in [0.3, 0.4) is 0 Å². The minimum atomic E-state index is -4.18. The van der Waals surface area contributed by atoms with Crippen LogP contribution in [0.25, 0.3) is 0 Å². The maximum atomic E-state index is 12.4. The van der Waals surface area contributed by atoms with Crippen molar-refractivity contribution in [1.82, 2.24) is 0 Å². The fourth-order valence-electron chi connectivity index (χ4n) is 1.82. The maximum absolute atomic E-state index is 12.4. The Morgan fingerprint density at radius 2 is 1.80 bits per heavy atom. The summed E-state index contributed by atoms with van der Waals surface area (Å²) in [4.78, 5) is 9.79. The highest BCUT2D eigenvalue weighted by Crippen LogP contribution is 2.28. The molecule has 2 aromatic rings. The first-order valence-electron chi connectivity index (χ1n) is 6.54. The summed E-state index contributed by atoms with van der Waals surface area (Å²) in [6, 6.07) is 8.05. The zero-order valence-electron chi connectivity index (χ0n) is 12.7. The van der Waals surface area contributed by atoms with Gasteiger partial charge in [-0.05, 0) is 18.2 Å². The van der Waals surface area contributed by atoms with Gasteiger partial charge in [-0.3, -0.25) is 14.8 Å². The smallest absolute Gasteiger partial charge is 0.306 e. The number of sulfonamides is 1. The van der Waals surface area contributed by atoms with Crippen LogP contribution < -0.4 is 14.6 Å². The van der Waals surface area contributed by atoms with Crippen molar-refractivity contribution in [2.75, 3.05) is 16.7 Å². The molecule has 0 bridgehead atoms. The zero-order valence-corrected chi connectivity index (χ0v) is 14.4. The molecule has 2 rings (SSSR count). The summed E-state index contributed by atoms with van der Waals surface area (Å²) < 4.78 is 53.8. The molecule has 0 heterocycles. The molecule has 0 unspecified atom stereocenters. The number of benzene rings is 2. The molecule has 0 saturated carbocycles. The standard InChI is InChI=1S/C13H13N3O7S2/c1-24(19,20)23-10-3-2-4-11(8-10)25(21,22)15-13-7-9(16(17)18)5-6-12(13)14/h2-8,15H,14H2,1H3. The average molecular weight is 387 g/mol. The summed E-state index contributed by atoms with van der Waals surface area (Å²) in [5, 5.41) is 10.8. The Balaban J connectivity index is 2.39. The number of anilines is 2. The van der Waals surface area contributed by atoms with Crippen molar-refractivity contribution in [3.05, 3.63) is 52.6 Å². The van der Waals surface area contributed by atoms with E-state index in [1.165, 1.54) is 24.3 Å². The quantitative estimate of drug-likeness (QED) is 0.325. The molecule has 2 aromatic carbocycles. The van der Waals surface area contributed by atoms with Gasteiger partial charge in [-0.15, -0.1) is 0 Å². The molecule has 3 N–H and O–H groups in total. The minimum Gasteiger partial charge on any atom is -0.397 e. The lowest BCUT2D eigenvalue weighted by atomic mass is 10.2. The second-order valence-electron chi connectivity index (χ2n) is 4.90. The molecule has 10 nitrogen and oxygen atoms in total. The van der Waals surface area contributed by atoms with Crippen LogP contribution in [0.2, 0.25) is 0 Å². The van der Waals surface area contributed by atoms with Crippen molar-refractivity contribution in [3.8, 4) is 5.75 Å². The molecular weight excluding hydrogens is 374 g/mol. The van der Waals surface area contributed by atoms with Gasteiger partial charge in [-0.1, -0.05) is 6.07 Å². The maximum Gasteiger partial charge on any atom is 0.306 e. The Hall–Kier alpha value is -2.86.